The minimum absolute atomic E-state index is 0.0621. The predicted molar refractivity (Wildman–Crippen MR) is 129 cm³/mol. The number of hydrogen-bond acceptors (Lipinski definition) is 6. The number of piperidine rings is 1. The number of ether oxygens (including phenoxy) is 1. The highest BCUT2D eigenvalue weighted by Gasteiger charge is 2.29. The summed E-state index contributed by atoms with van der Waals surface area (Å²) in [6, 6.07) is 10.0. The van der Waals surface area contributed by atoms with E-state index < -0.39 is 15.9 Å². The number of rotatable bonds is 7. The molecule has 0 saturated carbocycles. The van der Waals surface area contributed by atoms with Gasteiger partial charge in [0.2, 0.25) is 10.0 Å². The molecule has 1 fully saturated rings. The van der Waals surface area contributed by atoms with Crippen molar-refractivity contribution >= 4 is 21.6 Å². The number of sulfonamides is 1. The Hall–Kier alpha value is -3.24. The maximum atomic E-state index is 13.3. The highest BCUT2D eigenvalue weighted by molar-refractivity contribution is 7.89. The molecule has 0 aliphatic carbocycles. The average molecular weight is 484 g/mol. The second-order valence-corrected chi connectivity index (χ2v) is 10.2. The fourth-order valence-electron chi connectivity index (χ4n) is 4.02. The van der Waals surface area contributed by atoms with Gasteiger partial charge in [-0.15, -0.1) is 0 Å². The Morgan fingerprint density at radius 1 is 1.09 bits per heavy atom. The second-order valence-electron chi connectivity index (χ2n) is 8.26. The smallest absolute Gasteiger partial charge is 0.257 e. The SMILES string of the molecule is CCOc1ccc(NC(=O)c2ccc(-n3nc(C)cc3C)nc2)cc1S(=O)(=O)N1CCCCC1. The van der Waals surface area contributed by atoms with Gasteiger partial charge in [0.15, 0.2) is 5.82 Å². The number of carbonyl (C=O) groups is 1. The van der Waals surface area contributed by atoms with Gasteiger partial charge in [-0.2, -0.15) is 9.40 Å². The fourth-order valence-corrected chi connectivity index (χ4v) is 5.69. The van der Waals surface area contributed by atoms with Crippen molar-refractivity contribution in [1.29, 1.82) is 0 Å². The molecular weight excluding hydrogens is 454 g/mol. The molecule has 1 aromatic carbocycles. The first-order valence-corrected chi connectivity index (χ1v) is 12.8. The number of anilines is 1. The van der Waals surface area contributed by atoms with Crippen LogP contribution in [0.5, 0.6) is 5.75 Å². The molecule has 9 nitrogen and oxygen atoms in total. The van der Waals surface area contributed by atoms with Gasteiger partial charge in [-0.05, 0) is 70.0 Å². The van der Waals surface area contributed by atoms with Crippen LogP contribution in [0.2, 0.25) is 0 Å². The quantitative estimate of drug-likeness (QED) is 0.549. The van der Waals surface area contributed by atoms with Crippen molar-refractivity contribution in [3.05, 3.63) is 59.5 Å². The minimum atomic E-state index is -3.74. The van der Waals surface area contributed by atoms with Crippen LogP contribution >= 0.6 is 0 Å². The highest BCUT2D eigenvalue weighted by Crippen LogP contribution is 2.31. The van der Waals surface area contributed by atoms with E-state index >= 15 is 0 Å². The van der Waals surface area contributed by atoms with E-state index in [1.807, 2.05) is 19.9 Å². The van der Waals surface area contributed by atoms with E-state index in [4.69, 9.17) is 4.74 Å². The lowest BCUT2D eigenvalue weighted by atomic mass is 10.2. The van der Waals surface area contributed by atoms with Gasteiger partial charge < -0.3 is 10.1 Å². The summed E-state index contributed by atoms with van der Waals surface area (Å²) in [6.07, 6.45) is 4.16. The molecule has 0 radical (unpaired) electrons. The molecule has 3 heterocycles. The third kappa shape index (κ3) is 4.97. The number of nitrogens with zero attached hydrogens (tertiary/aromatic N) is 4. The molecule has 0 bridgehead atoms. The van der Waals surface area contributed by atoms with Gasteiger partial charge >= 0.3 is 0 Å². The van der Waals surface area contributed by atoms with Crippen molar-refractivity contribution in [2.45, 2.75) is 44.9 Å². The second kappa shape index (κ2) is 9.94. The minimum Gasteiger partial charge on any atom is -0.492 e. The zero-order valence-electron chi connectivity index (χ0n) is 19.6. The van der Waals surface area contributed by atoms with Crippen LogP contribution in [0.1, 0.15) is 47.9 Å². The molecule has 34 heavy (non-hydrogen) atoms. The predicted octanol–water partition coefficient (Wildman–Crippen LogP) is 3.71. The normalized spacial score (nSPS) is 14.7. The van der Waals surface area contributed by atoms with Crippen LogP contribution in [0, 0.1) is 13.8 Å². The lowest BCUT2D eigenvalue weighted by molar-refractivity contribution is 0.102. The van der Waals surface area contributed by atoms with Gasteiger partial charge in [0.1, 0.15) is 10.6 Å². The van der Waals surface area contributed by atoms with Gasteiger partial charge in [0.05, 0.1) is 17.9 Å². The number of pyridine rings is 1. The Labute approximate surface area is 199 Å². The monoisotopic (exact) mass is 483 g/mol. The standard InChI is InChI=1S/C24H29N5O4S/c1-4-33-21-10-9-20(15-22(21)34(31,32)28-12-6-5-7-13-28)26-24(30)19-8-11-23(25-16-19)29-18(3)14-17(2)27-29/h8-11,14-16H,4-7,12-13H2,1-3H3,(H,26,30). The van der Waals surface area contributed by atoms with Crippen LogP contribution < -0.4 is 10.1 Å². The van der Waals surface area contributed by atoms with Crippen LogP contribution in [0.25, 0.3) is 5.82 Å². The summed E-state index contributed by atoms with van der Waals surface area (Å²) in [5.41, 5.74) is 2.54. The molecule has 1 N–H and O–H groups in total. The summed E-state index contributed by atoms with van der Waals surface area (Å²) >= 11 is 0. The molecule has 0 unspecified atom stereocenters. The van der Waals surface area contributed by atoms with E-state index in [1.54, 1.807) is 35.9 Å². The van der Waals surface area contributed by atoms with Crippen molar-refractivity contribution < 1.29 is 17.9 Å². The molecule has 0 spiro atoms. The molecule has 3 aromatic rings. The molecule has 1 aliphatic heterocycles. The van der Waals surface area contributed by atoms with Gasteiger partial charge in [-0.1, -0.05) is 6.42 Å². The summed E-state index contributed by atoms with van der Waals surface area (Å²) in [7, 11) is -3.74. The molecule has 0 atom stereocenters. The summed E-state index contributed by atoms with van der Waals surface area (Å²) in [6.45, 7) is 6.94. The Morgan fingerprint density at radius 2 is 1.85 bits per heavy atom. The largest absolute Gasteiger partial charge is 0.492 e. The van der Waals surface area contributed by atoms with E-state index in [-0.39, 0.29) is 10.6 Å². The maximum Gasteiger partial charge on any atom is 0.257 e. The Bertz CT molecular complexity index is 1280. The summed E-state index contributed by atoms with van der Waals surface area (Å²) in [5, 5.41) is 7.18. The van der Waals surface area contributed by atoms with Gasteiger partial charge in [0, 0.05) is 30.7 Å². The number of nitrogens with one attached hydrogen (secondary N) is 1. The summed E-state index contributed by atoms with van der Waals surface area (Å²) in [5.74, 6) is 0.498. The van der Waals surface area contributed by atoms with Crippen LogP contribution in [0.15, 0.2) is 47.5 Å². The number of carbonyl (C=O) groups excluding carboxylic acids is 1. The van der Waals surface area contributed by atoms with E-state index in [0.29, 0.717) is 36.8 Å². The molecule has 180 valence electrons. The van der Waals surface area contributed by atoms with Gasteiger partial charge in [-0.3, -0.25) is 4.79 Å². The topological polar surface area (TPSA) is 106 Å². The molecule has 1 saturated heterocycles. The number of benzene rings is 1. The zero-order chi connectivity index (χ0) is 24.3. The van der Waals surface area contributed by atoms with Crippen molar-refractivity contribution in [2.24, 2.45) is 0 Å². The number of hydrogen-bond donors (Lipinski definition) is 1. The first kappa shape index (κ1) is 23.9. The number of amides is 1. The Morgan fingerprint density at radius 3 is 2.47 bits per heavy atom. The summed E-state index contributed by atoms with van der Waals surface area (Å²) < 4.78 is 35.4. The lowest BCUT2D eigenvalue weighted by Gasteiger charge is -2.27. The Balaban J connectivity index is 1.57. The van der Waals surface area contributed by atoms with E-state index in [2.05, 4.69) is 15.4 Å². The highest BCUT2D eigenvalue weighted by atomic mass is 32.2. The molecule has 10 heteroatoms. The number of aromatic nitrogens is 3. The van der Waals surface area contributed by atoms with Crippen molar-refractivity contribution in [1.82, 2.24) is 19.1 Å². The van der Waals surface area contributed by atoms with Crippen molar-refractivity contribution in [3.63, 3.8) is 0 Å². The molecule has 1 aliphatic rings. The third-order valence-electron chi connectivity index (χ3n) is 5.67. The maximum absolute atomic E-state index is 13.3. The Kier molecular flexibility index (Phi) is 6.99. The lowest BCUT2D eigenvalue weighted by Crippen LogP contribution is -2.35. The molecular formula is C24H29N5O4S. The number of aryl methyl sites for hydroxylation is 2. The van der Waals surface area contributed by atoms with E-state index in [0.717, 1.165) is 30.7 Å². The van der Waals surface area contributed by atoms with E-state index in [9.17, 15) is 13.2 Å². The van der Waals surface area contributed by atoms with Crippen LogP contribution in [-0.2, 0) is 10.0 Å². The van der Waals surface area contributed by atoms with Crippen molar-refractivity contribution in [3.8, 4) is 11.6 Å². The van der Waals surface area contributed by atoms with Gasteiger partial charge in [0.25, 0.3) is 5.91 Å². The molecule has 4 rings (SSSR count). The van der Waals surface area contributed by atoms with Crippen LogP contribution in [0.4, 0.5) is 5.69 Å². The molecule has 1 amide bonds. The molecule has 2 aromatic heterocycles. The third-order valence-corrected chi connectivity index (χ3v) is 7.59. The van der Waals surface area contributed by atoms with E-state index in [1.165, 1.54) is 16.6 Å². The first-order chi connectivity index (χ1) is 16.3. The fraction of sp³-hybridized carbons (Fsp3) is 0.375. The average Bonchev–Trinajstić information content (AvgIpc) is 3.18. The van der Waals surface area contributed by atoms with Crippen LogP contribution in [-0.4, -0.2) is 53.1 Å². The van der Waals surface area contributed by atoms with Crippen LogP contribution in [0.3, 0.4) is 0 Å². The van der Waals surface area contributed by atoms with Crippen molar-refractivity contribution in [2.75, 3.05) is 25.0 Å². The first-order valence-electron chi connectivity index (χ1n) is 11.4. The zero-order valence-corrected chi connectivity index (χ0v) is 20.4. The van der Waals surface area contributed by atoms with Gasteiger partial charge in [-0.25, -0.2) is 18.1 Å². The summed E-state index contributed by atoms with van der Waals surface area (Å²) in [4.78, 5) is 17.3.